The molecule has 5 nitrogen and oxygen atoms in total. The number of hydrogen-bond acceptors (Lipinski definition) is 4. The van der Waals surface area contributed by atoms with Crippen molar-refractivity contribution in [3.8, 4) is 0 Å². The van der Waals surface area contributed by atoms with E-state index in [0.29, 0.717) is 22.9 Å². The molecule has 0 N–H and O–H groups in total. The number of hydrogen-bond donors (Lipinski definition) is 0. The molecule has 6 heteroatoms. The Kier molecular flexibility index (Phi) is 1.91. The van der Waals surface area contributed by atoms with Crippen LogP contribution in [0.15, 0.2) is 16.5 Å². The number of nitro benzene ring substituents is 1. The Morgan fingerprint density at radius 3 is 2.88 bits per heavy atom. The van der Waals surface area contributed by atoms with Gasteiger partial charge in [0.2, 0.25) is 0 Å². The van der Waals surface area contributed by atoms with Gasteiger partial charge in [-0.05, 0) is 12.8 Å². The summed E-state index contributed by atoms with van der Waals surface area (Å²) in [6.07, 6.45) is 2.12. The van der Waals surface area contributed by atoms with Crippen LogP contribution in [0.3, 0.4) is 0 Å². The lowest BCUT2D eigenvalue weighted by molar-refractivity contribution is -0.384. The lowest BCUT2D eigenvalue weighted by atomic mass is 10.3. The molecule has 1 fully saturated rings. The number of rotatable bonds is 2. The minimum atomic E-state index is -0.489. The van der Waals surface area contributed by atoms with Crippen LogP contribution in [0.5, 0.6) is 0 Å². The number of non-ortho nitro benzene ring substituents is 1. The lowest BCUT2D eigenvalue weighted by Gasteiger charge is -1.92. The van der Waals surface area contributed by atoms with Crippen molar-refractivity contribution in [3.05, 3.63) is 33.2 Å². The van der Waals surface area contributed by atoms with Gasteiger partial charge in [-0.15, -0.1) is 0 Å². The van der Waals surface area contributed by atoms with Gasteiger partial charge >= 0.3 is 0 Å². The number of nitrogens with zero attached hydrogens (tertiary/aromatic N) is 2. The molecule has 0 saturated heterocycles. The average molecular weight is 239 g/mol. The second-order valence-electron chi connectivity index (χ2n) is 3.86. The number of fused-ring (bicyclic) bond motifs is 1. The molecule has 1 aromatic carbocycles. The monoisotopic (exact) mass is 238 g/mol. The highest BCUT2D eigenvalue weighted by Crippen LogP contribution is 2.42. The summed E-state index contributed by atoms with van der Waals surface area (Å²) in [4.78, 5) is 14.4. The van der Waals surface area contributed by atoms with Crippen LogP contribution in [0.2, 0.25) is 5.02 Å². The van der Waals surface area contributed by atoms with Gasteiger partial charge in [-0.3, -0.25) is 10.1 Å². The first-order valence-electron chi connectivity index (χ1n) is 4.89. The standard InChI is InChI=1S/C10H7ClN2O3/c11-7-3-6(13(14)15)4-8-9(7)16-10(12-8)5-1-2-5/h3-5H,1-2H2. The molecular formula is C10H7ClN2O3. The molecular weight excluding hydrogens is 232 g/mol. The van der Waals surface area contributed by atoms with Crippen molar-refractivity contribution in [1.82, 2.24) is 4.98 Å². The Bertz CT molecular complexity index is 589. The third kappa shape index (κ3) is 1.44. The van der Waals surface area contributed by atoms with Crippen molar-refractivity contribution in [2.45, 2.75) is 18.8 Å². The van der Waals surface area contributed by atoms with E-state index in [2.05, 4.69) is 4.98 Å². The van der Waals surface area contributed by atoms with E-state index in [1.54, 1.807) is 0 Å². The molecule has 1 saturated carbocycles. The molecule has 0 amide bonds. The number of aromatic nitrogens is 1. The summed E-state index contributed by atoms with van der Waals surface area (Å²) in [6, 6.07) is 2.67. The van der Waals surface area contributed by atoms with E-state index in [1.807, 2.05) is 0 Å². The third-order valence-electron chi connectivity index (χ3n) is 2.58. The smallest absolute Gasteiger partial charge is 0.273 e. The third-order valence-corrected chi connectivity index (χ3v) is 2.86. The van der Waals surface area contributed by atoms with E-state index in [-0.39, 0.29) is 10.7 Å². The summed E-state index contributed by atoms with van der Waals surface area (Å²) in [5, 5.41) is 10.9. The lowest BCUT2D eigenvalue weighted by Crippen LogP contribution is -1.87. The van der Waals surface area contributed by atoms with E-state index in [9.17, 15) is 10.1 Å². The maximum Gasteiger partial charge on any atom is 0.273 e. The molecule has 1 aliphatic carbocycles. The van der Waals surface area contributed by atoms with E-state index in [1.165, 1.54) is 12.1 Å². The number of halogens is 1. The van der Waals surface area contributed by atoms with Crippen molar-refractivity contribution in [3.63, 3.8) is 0 Å². The minimum Gasteiger partial charge on any atom is -0.439 e. The first-order valence-corrected chi connectivity index (χ1v) is 5.27. The summed E-state index contributed by atoms with van der Waals surface area (Å²) in [5.74, 6) is 1.000. The zero-order valence-corrected chi connectivity index (χ0v) is 8.90. The van der Waals surface area contributed by atoms with Crippen LogP contribution in [0.1, 0.15) is 24.7 Å². The molecule has 0 bridgehead atoms. The quantitative estimate of drug-likeness (QED) is 0.595. The van der Waals surface area contributed by atoms with E-state index in [4.69, 9.17) is 16.0 Å². The van der Waals surface area contributed by atoms with Gasteiger partial charge in [-0.25, -0.2) is 4.98 Å². The summed E-state index contributed by atoms with van der Waals surface area (Å²) in [7, 11) is 0. The largest absolute Gasteiger partial charge is 0.439 e. The van der Waals surface area contributed by atoms with Crippen LogP contribution in [0.25, 0.3) is 11.1 Å². The summed E-state index contributed by atoms with van der Waals surface area (Å²) < 4.78 is 5.49. The molecule has 0 unspecified atom stereocenters. The molecule has 0 radical (unpaired) electrons. The van der Waals surface area contributed by atoms with Crippen LogP contribution >= 0.6 is 11.6 Å². The highest BCUT2D eigenvalue weighted by molar-refractivity contribution is 6.34. The topological polar surface area (TPSA) is 69.2 Å². The predicted molar refractivity (Wildman–Crippen MR) is 57.6 cm³/mol. The highest BCUT2D eigenvalue weighted by Gasteiger charge is 2.29. The van der Waals surface area contributed by atoms with Crippen molar-refractivity contribution in [1.29, 1.82) is 0 Å². The average Bonchev–Trinajstić information content (AvgIpc) is 2.98. The van der Waals surface area contributed by atoms with Crippen molar-refractivity contribution >= 4 is 28.4 Å². The zero-order chi connectivity index (χ0) is 11.3. The SMILES string of the molecule is O=[N+]([O-])c1cc(Cl)c2oc(C3CC3)nc2c1. The molecule has 2 aromatic rings. The molecule has 1 heterocycles. The fourth-order valence-corrected chi connectivity index (χ4v) is 1.85. The second-order valence-corrected chi connectivity index (χ2v) is 4.27. The second kappa shape index (κ2) is 3.18. The Hall–Kier alpha value is -1.62. The fraction of sp³-hybridized carbons (Fsp3) is 0.300. The van der Waals surface area contributed by atoms with E-state index in [0.717, 1.165) is 12.8 Å². The molecule has 0 spiro atoms. The van der Waals surface area contributed by atoms with E-state index >= 15 is 0 Å². The summed E-state index contributed by atoms with van der Waals surface area (Å²) >= 11 is 5.91. The molecule has 16 heavy (non-hydrogen) atoms. The number of benzene rings is 1. The molecule has 0 atom stereocenters. The van der Waals surface area contributed by atoms with Crippen LogP contribution in [-0.2, 0) is 0 Å². The van der Waals surface area contributed by atoms with Crippen LogP contribution in [0, 0.1) is 10.1 Å². The van der Waals surface area contributed by atoms with Gasteiger partial charge in [0.05, 0.1) is 9.95 Å². The molecule has 1 aliphatic rings. The molecule has 3 rings (SSSR count). The first kappa shape index (κ1) is 9.59. The molecule has 1 aromatic heterocycles. The van der Waals surface area contributed by atoms with E-state index < -0.39 is 4.92 Å². The Labute approximate surface area is 95.2 Å². The van der Waals surface area contributed by atoms with Crippen LogP contribution < -0.4 is 0 Å². The van der Waals surface area contributed by atoms with Gasteiger partial charge in [0.1, 0.15) is 5.52 Å². The van der Waals surface area contributed by atoms with Crippen molar-refractivity contribution in [2.24, 2.45) is 0 Å². The maximum absolute atomic E-state index is 10.6. The van der Waals surface area contributed by atoms with Gasteiger partial charge in [0.15, 0.2) is 11.5 Å². The number of nitro groups is 1. The van der Waals surface area contributed by atoms with Gasteiger partial charge < -0.3 is 4.42 Å². The number of oxazole rings is 1. The normalized spacial score (nSPS) is 15.6. The van der Waals surface area contributed by atoms with Gasteiger partial charge in [-0.2, -0.15) is 0 Å². The van der Waals surface area contributed by atoms with Crippen LogP contribution in [-0.4, -0.2) is 9.91 Å². The Morgan fingerprint density at radius 1 is 1.50 bits per heavy atom. The first-order chi connectivity index (χ1) is 7.65. The Morgan fingerprint density at radius 2 is 2.25 bits per heavy atom. The van der Waals surface area contributed by atoms with Crippen molar-refractivity contribution in [2.75, 3.05) is 0 Å². The van der Waals surface area contributed by atoms with Gasteiger partial charge in [-0.1, -0.05) is 11.6 Å². The fourth-order valence-electron chi connectivity index (χ4n) is 1.61. The predicted octanol–water partition coefficient (Wildman–Crippen LogP) is 3.27. The van der Waals surface area contributed by atoms with Crippen LogP contribution in [0.4, 0.5) is 5.69 Å². The summed E-state index contributed by atoms with van der Waals surface area (Å²) in [6.45, 7) is 0. The highest BCUT2D eigenvalue weighted by atomic mass is 35.5. The zero-order valence-electron chi connectivity index (χ0n) is 8.14. The Balaban J connectivity index is 2.21. The maximum atomic E-state index is 10.6. The minimum absolute atomic E-state index is 0.0619. The summed E-state index contributed by atoms with van der Waals surface area (Å²) in [5.41, 5.74) is 0.836. The van der Waals surface area contributed by atoms with Crippen molar-refractivity contribution < 1.29 is 9.34 Å². The van der Waals surface area contributed by atoms with Gasteiger partial charge in [0.25, 0.3) is 5.69 Å². The molecule has 0 aliphatic heterocycles. The van der Waals surface area contributed by atoms with Gasteiger partial charge in [0, 0.05) is 18.1 Å². The molecule has 82 valence electrons.